The molecule has 222 valence electrons. The number of hydrogen-bond donors (Lipinski definition) is 3. The van der Waals surface area contributed by atoms with Gasteiger partial charge in [-0.3, -0.25) is 13.9 Å². The summed E-state index contributed by atoms with van der Waals surface area (Å²) in [4.78, 5) is 39.1. The molecule has 0 fully saturated rings. The largest absolute Gasteiger partial charge is 0.493 e. The van der Waals surface area contributed by atoms with Gasteiger partial charge in [0.05, 0.1) is 5.69 Å². The highest BCUT2D eigenvalue weighted by Gasteiger charge is 2.19. The summed E-state index contributed by atoms with van der Waals surface area (Å²) in [6.07, 6.45) is 6.55. The minimum Gasteiger partial charge on any atom is -0.493 e. The van der Waals surface area contributed by atoms with Crippen LogP contribution in [0.4, 0.5) is 4.79 Å². The van der Waals surface area contributed by atoms with Gasteiger partial charge in [0.1, 0.15) is 6.54 Å². The Labute approximate surface area is 243 Å². The number of nitrogens with zero attached hydrogens (tertiary/aromatic N) is 3. The molecule has 0 aliphatic carbocycles. The zero-order valence-corrected chi connectivity index (χ0v) is 24.9. The Kier molecular flexibility index (Phi) is 12.1. The Bertz CT molecular complexity index is 1330. The maximum Gasteiger partial charge on any atom is 0.331 e. The topological polar surface area (TPSA) is 109 Å². The van der Waals surface area contributed by atoms with Crippen molar-refractivity contribution < 1.29 is 14.7 Å². The van der Waals surface area contributed by atoms with Gasteiger partial charge in [0, 0.05) is 40.2 Å². The number of benzene rings is 2. The molecule has 0 atom stereocenters. The van der Waals surface area contributed by atoms with Gasteiger partial charge < -0.3 is 20.6 Å². The third-order valence-corrected chi connectivity index (χ3v) is 7.36. The van der Waals surface area contributed by atoms with E-state index >= 15 is 0 Å². The summed E-state index contributed by atoms with van der Waals surface area (Å²) >= 11 is 0. The molecule has 0 radical (unpaired) electrons. The monoisotopic (exact) mass is 563 g/mol. The number of rotatable bonds is 15. The van der Waals surface area contributed by atoms with Crippen LogP contribution in [0.15, 0.2) is 53.3 Å². The van der Waals surface area contributed by atoms with Crippen molar-refractivity contribution in [2.24, 2.45) is 7.05 Å². The fourth-order valence-electron chi connectivity index (χ4n) is 4.80. The Balaban J connectivity index is 1.64. The van der Waals surface area contributed by atoms with Crippen LogP contribution in [0.25, 0.3) is 11.1 Å². The second-order valence-corrected chi connectivity index (χ2v) is 10.5. The molecule has 9 heteroatoms. The van der Waals surface area contributed by atoms with Crippen LogP contribution in [0.5, 0.6) is 5.88 Å². The van der Waals surface area contributed by atoms with E-state index in [-0.39, 0.29) is 24.4 Å². The van der Waals surface area contributed by atoms with E-state index in [1.54, 1.807) is 14.1 Å². The van der Waals surface area contributed by atoms with Crippen molar-refractivity contribution in [3.05, 3.63) is 75.8 Å². The fourth-order valence-corrected chi connectivity index (χ4v) is 4.80. The average molecular weight is 564 g/mol. The second-order valence-electron chi connectivity index (χ2n) is 10.5. The molecule has 0 saturated heterocycles. The van der Waals surface area contributed by atoms with E-state index in [9.17, 15) is 19.5 Å². The Morgan fingerprint density at radius 3 is 2.07 bits per heavy atom. The SMILES string of the molecule is CCCCCCNC(=O)Cn1c(O)c(Cc2ccc(-c3ccc(CN(CCCC)C(=O)NC)cc3)cc2)n(C)c1=O. The van der Waals surface area contributed by atoms with Gasteiger partial charge in [-0.1, -0.05) is 88.1 Å². The molecular weight excluding hydrogens is 518 g/mol. The van der Waals surface area contributed by atoms with Crippen molar-refractivity contribution in [2.75, 3.05) is 20.1 Å². The van der Waals surface area contributed by atoms with Crippen molar-refractivity contribution in [2.45, 2.75) is 71.9 Å². The molecule has 9 nitrogen and oxygen atoms in total. The predicted molar refractivity (Wildman–Crippen MR) is 163 cm³/mol. The highest BCUT2D eigenvalue weighted by molar-refractivity contribution is 5.76. The van der Waals surface area contributed by atoms with Gasteiger partial charge in [-0.25, -0.2) is 9.59 Å². The van der Waals surface area contributed by atoms with E-state index < -0.39 is 5.69 Å². The number of carbonyl (C=O) groups is 2. The van der Waals surface area contributed by atoms with Crippen LogP contribution in [-0.4, -0.2) is 51.2 Å². The summed E-state index contributed by atoms with van der Waals surface area (Å²) in [5.74, 6) is -0.461. The highest BCUT2D eigenvalue weighted by atomic mass is 16.3. The molecule has 0 bridgehead atoms. The number of urea groups is 1. The molecule has 0 aliphatic rings. The first-order valence-corrected chi connectivity index (χ1v) is 14.7. The van der Waals surface area contributed by atoms with E-state index in [2.05, 4.69) is 36.6 Å². The maximum atomic E-state index is 12.8. The third kappa shape index (κ3) is 8.74. The standard InChI is InChI=1S/C32H45N5O4/c1-5-7-9-10-19-34-29(38)23-37-30(39)28(35(4)32(37)41)21-24-11-15-26(16-12-24)27-17-13-25(14-18-27)22-36(20-8-6-2)31(40)33-3/h11-18,39H,5-10,19-23H2,1-4H3,(H,33,40)(H,34,38). The molecule has 3 amide bonds. The average Bonchev–Trinajstić information content (AvgIpc) is 3.18. The lowest BCUT2D eigenvalue weighted by atomic mass is 10.0. The van der Waals surface area contributed by atoms with Gasteiger partial charge in [-0.2, -0.15) is 0 Å². The molecule has 3 aromatic rings. The van der Waals surface area contributed by atoms with Gasteiger partial charge in [-0.15, -0.1) is 0 Å². The zero-order valence-electron chi connectivity index (χ0n) is 24.9. The van der Waals surface area contributed by atoms with Crippen LogP contribution >= 0.6 is 0 Å². The number of nitrogens with one attached hydrogen (secondary N) is 2. The summed E-state index contributed by atoms with van der Waals surface area (Å²) < 4.78 is 2.53. The minimum atomic E-state index is -0.417. The molecule has 41 heavy (non-hydrogen) atoms. The van der Waals surface area contributed by atoms with Crippen molar-refractivity contribution in [3.8, 4) is 17.0 Å². The van der Waals surface area contributed by atoms with Crippen molar-refractivity contribution in [1.82, 2.24) is 24.7 Å². The summed E-state index contributed by atoms with van der Waals surface area (Å²) in [6.45, 7) is 5.88. The number of hydrogen-bond acceptors (Lipinski definition) is 4. The number of carbonyl (C=O) groups excluding carboxylic acids is 2. The van der Waals surface area contributed by atoms with Crippen LogP contribution in [0.2, 0.25) is 0 Å². The van der Waals surface area contributed by atoms with E-state index in [1.807, 2.05) is 41.3 Å². The first-order valence-electron chi connectivity index (χ1n) is 14.7. The highest BCUT2D eigenvalue weighted by Crippen LogP contribution is 2.24. The maximum absolute atomic E-state index is 12.8. The van der Waals surface area contributed by atoms with E-state index in [0.717, 1.165) is 71.9 Å². The van der Waals surface area contributed by atoms with Crippen LogP contribution < -0.4 is 16.3 Å². The van der Waals surface area contributed by atoms with E-state index in [0.29, 0.717) is 25.2 Å². The summed E-state index contributed by atoms with van der Waals surface area (Å²) in [6, 6.07) is 16.1. The summed E-state index contributed by atoms with van der Waals surface area (Å²) in [7, 11) is 3.26. The number of unbranched alkanes of at least 4 members (excludes halogenated alkanes) is 4. The molecule has 3 N–H and O–H groups in total. The minimum absolute atomic E-state index is 0.0712. The summed E-state index contributed by atoms with van der Waals surface area (Å²) in [5, 5.41) is 16.3. The lowest BCUT2D eigenvalue weighted by Gasteiger charge is -2.22. The first-order chi connectivity index (χ1) is 19.8. The molecule has 0 saturated carbocycles. The van der Waals surface area contributed by atoms with Crippen LogP contribution in [-0.2, 0) is 31.4 Å². The Hall–Kier alpha value is -4.01. The zero-order chi connectivity index (χ0) is 29.8. The summed E-state index contributed by atoms with van der Waals surface area (Å²) in [5.41, 5.74) is 4.15. The molecule has 1 heterocycles. The number of aromatic hydroxyl groups is 1. The molecule has 0 aliphatic heterocycles. The van der Waals surface area contributed by atoms with Crippen LogP contribution in [0.3, 0.4) is 0 Å². The fraction of sp³-hybridized carbons (Fsp3) is 0.469. The Morgan fingerprint density at radius 2 is 1.49 bits per heavy atom. The van der Waals surface area contributed by atoms with Crippen LogP contribution in [0.1, 0.15) is 69.2 Å². The molecule has 0 spiro atoms. The normalized spacial score (nSPS) is 10.9. The van der Waals surface area contributed by atoms with Crippen LogP contribution in [0, 0.1) is 0 Å². The lowest BCUT2D eigenvalue weighted by molar-refractivity contribution is -0.121. The molecule has 0 unspecified atom stereocenters. The molecule has 1 aromatic heterocycles. The Morgan fingerprint density at radius 1 is 0.878 bits per heavy atom. The van der Waals surface area contributed by atoms with Gasteiger partial charge >= 0.3 is 11.7 Å². The number of amides is 3. The van der Waals surface area contributed by atoms with Crippen molar-refractivity contribution in [1.29, 1.82) is 0 Å². The smallest absolute Gasteiger partial charge is 0.331 e. The second kappa shape index (κ2) is 15.7. The van der Waals surface area contributed by atoms with Gasteiger partial charge in [0.15, 0.2) is 0 Å². The molecule has 2 aromatic carbocycles. The number of imidazole rings is 1. The third-order valence-electron chi connectivity index (χ3n) is 7.36. The van der Waals surface area contributed by atoms with Crippen molar-refractivity contribution >= 4 is 11.9 Å². The van der Waals surface area contributed by atoms with E-state index in [4.69, 9.17) is 0 Å². The van der Waals surface area contributed by atoms with Crippen molar-refractivity contribution in [3.63, 3.8) is 0 Å². The predicted octanol–water partition coefficient (Wildman–Crippen LogP) is 4.79. The van der Waals surface area contributed by atoms with Gasteiger partial charge in [0.25, 0.3) is 0 Å². The molecule has 3 rings (SSSR count). The molecular formula is C32H45N5O4. The lowest BCUT2D eigenvalue weighted by Crippen LogP contribution is -2.38. The quantitative estimate of drug-likeness (QED) is 0.231. The van der Waals surface area contributed by atoms with Gasteiger partial charge in [0.2, 0.25) is 11.8 Å². The van der Waals surface area contributed by atoms with Gasteiger partial charge in [-0.05, 0) is 35.1 Å². The first kappa shape index (κ1) is 31.5. The van der Waals surface area contributed by atoms with E-state index in [1.165, 1.54) is 4.57 Å². The number of aromatic nitrogens is 2.